The van der Waals surface area contributed by atoms with Gasteiger partial charge in [0, 0.05) is 0 Å². The maximum Gasteiger partial charge on any atom is 2.00 e. The number of benzene rings is 2. The summed E-state index contributed by atoms with van der Waals surface area (Å²) >= 11 is 0. The molecule has 0 spiro atoms. The monoisotopic (exact) mass is 340 g/mol. The molecule has 0 saturated carbocycles. The van der Waals surface area contributed by atoms with Crippen molar-refractivity contribution in [2.75, 3.05) is 0 Å². The van der Waals surface area contributed by atoms with E-state index in [1.807, 2.05) is 0 Å². The molecule has 2 aromatic carbocycles. The van der Waals surface area contributed by atoms with E-state index in [4.69, 9.17) is 10.2 Å². The van der Waals surface area contributed by atoms with E-state index in [1.165, 1.54) is 36.4 Å². The van der Waals surface area contributed by atoms with Gasteiger partial charge in [-0.25, -0.2) is 4.79 Å². The largest absolute Gasteiger partial charge is 2.00 e. The SMILES string of the molecule is O.O=C(O)c1ccccc1O.O=C([O-])c1ccccc1[O-].[Ti+2]. The molecule has 0 radical (unpaired) electrons. The number of carboxylic acid groups (broad SMARTS) is 2. The molecule has 2 aromatic rings. The number of aromatic carboxylic acids is 2. The molecular weight excluding hydrogens is 328 g/mol. The summed E-state index contributed by atoms with van der Waals surface area (Å²) in [6.45, 7) is 0. The number of para-hydroxylation sites is 2. The molecular formula is C14H12O7Ti. The number of aromatic hydroxyl groups is 1. The van der Waals surface area contributed by atoms with Gasteiger partial charge in [0.2, 0.25) is 0 Å². The first-order chi connectivity index (χ1) is 9.43. The van der Waals surface area contributed by atoms with Gasteiger partial charge >= 0.3 is 27.7 Å². The smallest absolute Gasteiger partial charge is 0.872 e. The van der Waals surface area contributed by atoms with Crippen LogP contribution in [0, 0.1) is 0 Å². The zero-order valence-corrected chi connectivity index (χ0v) is 12.7. The Morgan fingerprint density at radius 2 is 1.36 bits per heavy atom. The van der Waals surface area contributed by atoms with E-state index in [2.05, 4.69) is 0 Å². The molecule has 0 atom stereocenters. The van der Waals surface area contributed by atoms with Crippen molar-refractivity contribution in [2.24, 2.45) is 0 Å². The van der Waals surface area contributed by atoms with Gasteiger partial charge in [-0.2, -0.15) is 0 Å². The number of carboxylic acids is 2. The number of phenols is 1. The van der Waals surface area contributed by atoms with Crippen LogP contribution in [0.25, 0.3) is 0 Å². The Kier molecular flexibility index (Phi) is 10.4. The van der Waals surface area contributed by atoms with Crippen LogP contribution in [0.5, 0.6) is 11.5 Å². The van der Waals surface area contributed by atoms with Gasteiger partial charge in [0.05, 0.1) is 5.97 Å². The van der Waals surface area contributed by atoms with Crippen molar-refractivity contribution >= 4 is 11.9 Å². The van der Waals surface area contributed by atoms with Crippen molar-refractivity contribution in [1.82, 2.24) is 0 Å². The van der Waals surface area contributed by atoms with E-state index in [1.54, 1.807) is 12.1 Å². The molecule has 0 aliphatic heterocycles. The summed E-state index contributed by atoms with van der Waals surface area (Å²) in [4.78, 5) is 20.4. The molecule has 0 unspecified atom stereocenters. The topological polar surface area (TPSA) is 152 Å². The second kappa shape index (κ2) is 10.4. The Balaban J connectivity index is 0. The molecule has 0 saturated heterocycles. The molecule has 22 heavy (non-hydrogen) atoms. The van der Waals surface area contributed by atoms with Gasteiger partial charge in [-0.05, 0) is 17.7 Å². The van der Waals surface area contributed by atoms with Gasteiger partial charge in [-0.3, -0.25) is 0 Å². The predicted molar refractivity (Wildman–Crippen MR) is 68.9 cm³/mol. The minimum absolute atomic E-state index is 0. The minimum Gasteiger partial charge on any atom is -0.872 e. The first kappa shape index (κ1) is 21.9. The fourth-order valence-corrected chi connectivity index (χ4v) is 1.29. The van der Waals surface area contributed by atoms with E-state index < -0.39 is 17.7 Å². The van der Waals surface area contributed by atoms with Crippen molar-refractivity contribution < 1.29 is 57.2 Å². The van der Waals surface area contributed by atoms with E-state index in [-0.39, 0.29) is 44.1 Å². The van der Waals surface area contributed by atoms with E-state index >= 15 is 0 Å². The van der Waals surface area contributed by atoms with Gasteiger partial charge in [-0.1, -0.05) is 42.1 Å². The van der Waals surface area contributed by atoms with Crippen LogP contribution in [0.3, 0.4) is 0 Å². The summed E-state index contributed by atoms with van der Waals surface area (Å²) in [6, 6.07) is 11.2. The molecule has 0 amide bonds. The van der Waals surface area contributed by atoms with Crippen LogP contribution < -0.4 is 10.2 Å². The molecule has 4 N–H and O–H groups in total. The predicted octanol–water partition coefficient (Wildman–Crippen LogP) is -0.613. The Labute approximate surface area is 140 Å². The van der Waals surface area contributed by atoms with Crippen LogP contribution in [0.4, 0.5) is 0 Å². The van der Waals surface area contributed by atoms with Crippen molar-refractivity contribution in [3.8, 4) is 11.5 Å². The third-order valence-electron chi connectivity index (χ3n) is 2.24. The van der Waals surface area contributed by atoms with Crippen molar-refractivity contribution in [3.05, 3.63) is 59.7 Å². The van der Waals surface area contributed by atoms with Crippen molar-refractivity contribution in [2.45, 2.75) is 0 Å². The Morgan fingerprint density at radius 3 is 1.68 bits per heavy atom. The number of carbonyl (C=O) groups excluding carboxylic acids is 1. The standard InChI is InChI=1S/2C7H6O3.H2O.Ti/c2*8-6-4-2-1-3-5(6)7(9)10;;/h2*1-4,8H,(H,9,10);1H2;/q;;;+2/p-2. The number of carbonyl (C=O) groups is 2. The summed E-state index contributed by atoms with van der Waals surface area (Å²) < 4.78 is 0. The van der Waals surface area contributed by atoms with Crippen LogP contribution in [0.1, 0.15) is 20.7 Å². The number of rotatable bonds is 2. The van der Waals surface area contributed by atoms with Crippen LogP contribution in [-0.4, -0.2) is 27.6 Å². The maximum atomic E-state index is 10.6. The zero-order chi connectivity index (χ0) is 15.1. The average Bonchev–Trinajstić information content (AvgIpc) is 2.40. The first-order valence-corrected chi connectivity index (χ1v) is 5.42. The Hall–Kier alpha value is -2.35. The summed E-state index contributed by atoms with van der Waals surface area (Å²) in [7, 11) is 0. The Bertz CT molecular complexity index is 573. The van der Waals surface area contributed by atoms with Gasteiger partial charge in [0.25, 0.3) is 0 Å². The third-order valence-corrected chi connectivity index (χ3v) is 2.24. The molecule has 0 aromatic heterocycles. The first-order valence-electron chi connectivity index (χ1n) is 5.42. The van der Waals surface area contributed by atoms with E-state index in [0.717, 1.165) is 0 Å². The fourth-order valence-electron chi connectivity index (χ4n) is 1.29. The van der Waals surface area contributed by atoms with Gasteiger partial charge in [-0.15, -0.1) is 0 Å². The molecule has 7 nitrogen and oxygen atoms in total. The van der Waals surface area contributed by atoms with Gasteiger partial charge in [0.15, 0.2) is 0 Å². The summed E-state index contributed by atoms with van der Waals surface area (Å²) in [6.07, 6.45) is 0. The van der Waals surface area contributed by atoms with Gasteiger partial charge in [0.1, 0.15) is 11.3 Å². The molecule has 0 aliphatic rings. The third kappa shape index (κ3) is 6.40. The molecule has 0 fully saturated rings. The van der Waals surface area contributed by atoms with E-state index in [0.29, 0.717) is 0 Å². The van der Waals surface area contributed by atoms with Crippen LogP contribution in [0.2, 0.25) is 0 Å². The number of hydrogen-bond donors (Lipinski definition) is 2. The summed E-state index contributed by atoms with van der Waals surface area (Å²) in [5, 5.41) is 38.1. The quantitative estimate of drug-likeness (QED) is 0.695. The summed E-state index contributed by atoms with van der Waals surface area (Å²) in [5.74, 6) is -3.25. The molecule has 114 valence electrons. The minimum atomic E-state index is -1.43. The van der Waals surface area contributed by atoms with Crippen LogP contribution in [0.15, 0.2) is 48.5 Å². The zero-order valence-electron chi connectivity index (χ0n) is 11.1. The molecule has 0 bridgehead atoms. The molecule has 0 aliphatic carbocycles. The number of hydrogen-bond acceptors (Lipinski definition) is 5. The summed E-state index contributed by atoms with van der Waals surface area (Å²) in [5.41, 5.74) is -0.356. The average molecular weight is 340 g/mol. The molecule has 2 rings (SSSR count). The second-order valence-electron chi connectivity index (χ2n) is 3.61. The normalized spacial score (nSPS) is 8.36. The van der Waals surface area contributed by atoms with E-state index in [9.17, 15) is 19.8 Å². The molecule has 8 heteroatoms. The Morgan fingerprint density at radius 1 is 0.909 bits per heavy atom. The van der Waals surface area contributed by atoms with Crippen LogP contribution >= 0.6 is 0 Å². The second-order valence-corrected chi connectivity index (χ2v) is 3.61. The van der Waals surface area contributed by atoms with Crippen molar-refractivity contribution in [1.29, 1.82) is 0 Å². The van der Waals surface area contributed by atoms with Crippen LogP contribution in [-0.2, 0) is 21.7 Å². The maximum absolute atomic E-state index is 10.6. The molecule has 0 heterocycles. The fraction of sp³-hybridized carbons (Fsp3) is 0. The van der Waals surface area contributed by atoms with Crippen molar-refractivity contribution in [3.63, 3.8) is 0 Å². The van der Waals surface area contributed by atoms with Gasteiger partial charge < -0.3 is 30.7 Å².